The second-order valence-corrected chi connectivity index (χ2v) is 5.45. The molecule has 4 heteroatoms. The standard InChI is InChI=1S/C18H19F3O/c1-3-4-17(22)16-10-7-14(11-12(16)2)13-5-8-15(9-6-13)18(19,20)21/h5-11,17,22H,3-4H2,1-2H3/t17-/m1/s1. The highest BCUT2D eigenvalue weighted by Gasteiger charge is 2.29. The molecule has 0 fully saturated rings. The largest absolute Gasteiger partial charge is 0.416 e. The van der Waals surface area contributed by atoms with E-state index in [0.717, 1.165) is 40.8 Å². The van der Waals surface area contributed by atoms with Crippen molar-refractivity contribution in [1.82, 2.24) is 0 Å². The molecule has 118 valence electrons. The number of aliphatic hydroxyl groups excluding tert-OH is 1. The molecule has 0 aliphatic carbocycles. The van der Waals surface area contributed by atoms with Crippen LogP contribution in [0.3, 0.4) is 0 Å². The van der Waals surface area contributed by atoms with Crippen molar-refractivity contribution in [3.8, 4) is 11.1 Å². The van der Waals surface area contributed by atoms with Crippen molar-refractivity contribution in [3.63, 3.8) is 0 Å². The third kappa shape index (κ3) is 3.69. The van der Waals surface area contributed by atoms with Crippen LogP contribution in [0.15, 0.2) is 42.5 Å². The molecule has 2 rings (SSSR count). The number of hydrogen-bond donors (Lipinski definition) is 1. The minimum absolute atomic E-state index is 0.494. The molecule has 1 atom stereocenters. The number of benzene rings is 2. The van der Waals surface area contributed by atoms with E-state index < -0.39 is 17.8 Å². The lowest BCUT2D eigenvalue weighted by Crippen LogP contribution is -2.04. The molecule has 0 saturated heterocycles. The molecule has 0 aliphatic heterocycles. The van der Waals surface area contributed by atoms with E-state index in [1.54, 1.807) is 0 Å². The van der Waals surface area contributed by atoms with Gasteiger partial charge in [0.15, 0.2) is 0 Å². The van der Waals surface area contributed by atoms with E-state index in [4.69, 9.17) is 0 Å². The van der Waals surface area contributed by atoms with Gasteiger partial charge in [-0.3, -0.25) is 0 Å². The van der Waals surface area contributed by atoms with Crippen LogP contribution in [0.1, 0.15) is 42.6 Å². The molecule has 0 unspecified atom stereocenters. The molecule has 0 amide bonds. The lowest BCUT2D eigenvalue weighted by Gasteiger charge is -2.14. The maximum Gasteiger partial charge on any atom is 0.416 e. The van der Waals surface area contributed by atoms with E-state index in [-0.39, 0.29) is 0 Å². The second-order valence-electron chi connectivity index (χ2n) is 5.45. The summed E-state index contributed by atoms with van der Waals surface area (Å²) in [5.74, 6) is 0. The van der Waals surface area contributed by atoms with Crippen LogP contribution in [0.4, 0.5) is 13.2 Å². The van der Waals surface area contributed by atoms with Gasteiger partial charge in [0, 0.05) is 0 Å². The Balaban J connectivity index is 2.28. The summed E-state index contributed by atoms with van der Waals surface area (Å²) < 4.78 is 37.7. The monoisotopic (exact) mass is 308 g/mol. The SMILES string of the molecule is CCC[C@@H](O)c1ccc(-c2ccc(C(F)(F)F)cc2)cc1C. The fourth-order valence-electron chi connectivity index (χ4n) is 2.51. The van der Waals surface area contributed by atoms with E-state index in [0.29, 0.717) is 6.42 Å². The van der Waals surface area contributed by atoms with Crippen LogP contribution in [-0.4, -0.2) is 5.11 Å². The Morgan fingerprint density at radius 2 is 1.59 bits per heavy atom. The first-order chi connectivity index (χ1) is 10.3. The highest BCUT2D eigenvalue weighted by Crippen LogP contribution is 2.32. The Hall–Kier alpha value is -1.81. The zero-order chi connectivity index (χ0) is 16.3. The minimum atomic E-state index is -4.32. The molecule has 0 spiro atoms. The summed E-state index contributed by atoms with van der Waals surface area (Å²) in [5, 5.41) is 10.1. The van der Waals surface area contributed by atoms with E-state index in [1.807, 2.05) is 32.0 Å². The first-order valence-electron chi connectivity index (χ1n) is 7.29. The normalized spacial score (nSPS) is 13.2. The molecule has 0 aliphatic rings. The quantitative estimate of drug-likeness (QED) is 0.789. The Kier molecular flexibility index (Phi) is 4.91. The lowest BCUT2D eigenvalue weighted by molar-refractivity contribution is -0.137. The summed E-state index contributed by atoms with van der Waals surface area (Å²) in [7, 11) is 0. The number of alkyl halides is 3. The number of aryl methyl sites for hydroxylation is 1. The molecule has 0 saturated carbocycles. The summed E-state index contributed by atoms with van der Waals surface area (Å²) >= 11 is 0. The summed E-state index contributed by atoms with van der Waals surface area (Å²) in [6.07, 6.45) is -3.23. The molecule has 0 aromatic heterocycles. The maximum atomic E-state index is 12.6. The van der Waals surface area contributed by atoms with Gasteiger partial charge in [-0.05, 0) is 47.7 Å². The summed E-state index contributed by atoms with van der Waals surface area (Å²) in [6.45, 7) is 3.91. The zero-order valence-corrected chi connectivity index (χ0v) is 12.6. The average molecular weight is 308 g/mol. The highest BCUT2D eigenvalue weighted by atomic mass is 19.4. The Morgan fingerprint density at radius 3 is 2.09 bits per heavy atom. The van der Waals surface area contributed by atoms with Crippen molar-refractivity contribution < 1.29 is 18.3 Å². The zero-order valence-electron chi connectivity index (χ0n) is 12.6. The molecule has 22 heavy (non-hydrogen) atoms. The van der Waals surface area contributed by atoms with Gasteiger partial charge in [-0.25, -0.2) is 0 Å². The number of hydrogen-bond acceptors (Lipinski definition) is 1. The minimum Gasteiger partial charge on any atom is -0.388 e. The van der Waals surface area contributed by atoms with E-state index in [1.165, 1.54) is 12.1 Å². The van der Waals surface area contributed by atoms with Crippen molar-refractivity contribution in [3.05, 3.63) is 59.2 Å². The average Bonchev–Trinajstić information content (AvgIpc) is 2.46. The maximum absolute atomic E-state index is 12.6. The molecule has 2 aromatic carbocycles. The first kappa shape index (κ1) is 16.6. The molecule has 0 radical (unpaired) electrons. The van der Waals surface area contributed by atoms with E-state index in [2.05, 4.69) is 0 Å². The van der Waals surface area contributed by atoms with Crippen molar-refractivity contribution >= 4 is 0 Å². The predicted octanol–water partition coefficient (Wildman–Crippen LogP) is 5.51. The topological polar surface area (TPSA) is 20.2 Å². The van der Waals surface area contributed by atoms with Gasteiger partial charge in [0.05, 0.1) is 11.7 Å². The van der Waals surface area contributed by atoms with Gasteiger partial charge in [-0.1, -0.05) is 43.7 Å². The summed E-state index contributed by atoms with van der Waals surface area (Å²) in [4.78, 5) is 0. The van der Waals surface area contributed by atoms with Crippen molar-refractivity contribution in [2.24, 2.45) is 0 Å². The van der Waals surface area contributed by atoms with E-state index >= 15 is 0 Å². The fourth-order valence-corrected chi connectivity index (χ4v) is 2.51. The van der Waals surface area contributed by atoms with Crippen LogP contribution >= 0.6 is 0 Å². The van der Waals surface area contributed by atoms with Crippen LogP contribution in [0.25, 0.3) is 11.1 Å². The highest BCUT2D eigenvalue weighted by molar-refractivity contribution is 5.65. The lowest BCUT2D eigenvalue weighted by atomic mass is 9.95. The van der Waals surface area contributed by atoms with Crippen LogP contribution < -0.4 is 0 Å². The Labute approximate surface area is 128 Å². The first-order valence-corrected chi connectivity index (χ1v) is 7.29. The third-order valence-corrected chi connectivity index (χ3v) is 3.74. The molecular weight excluding hydrogens is 289 g/mol. The molecule has 0 heterocycles. The van der Waals surface area contributed by atoms with Crippen LogP contribution in [0.2, 0.25) is 0 Å². The Morgan fingerprint density at radius 1 is 1.00 bits per heavy atom. The molecule has 0 bridgehead atoms. The van der Waals surface area contributed by atoms with Crippen molar-refractivity contribution in [1.29, 1.82) is 0 Å². The van der Waals surface area contributed by atoms with Crippen molar-refractivity contribution in [2.75, 3.05) is 0 Å². The van der Waals surface area contributed by atoms with Crippen molar-refractivity contribution in [2.45, 2.75) is 39.0 Å². The second kappa shape index (κ2) is 6.53. The fraction of sp³-hybridized carbons (Fsp3) is 0.333. The van der Waals surface area contributed by atoms with Gasteiger partial charge in [-0.15, -0.1) is 0 Å². The van der Waals surface area contributed by atoms with Gasteiger partial charge in [0.1, 0.15) is 0 Å². The van der Waals surface area contributed by atoms with Gasteiger partial charge in [0.25, 0.3) is 0 Å². The number of halogens is 3. The third-order valence-electron chi connectivity index (χ3n) is 3.74. The molecule has 2 aromatic rings. The summed E-state index contributed by atoms with van der Waals surface area (Å²) in [5.41, 5.74) is 2.74. The molecule has 1 nitrogen and oxygen atoms in total. The van der Waals surface area contributed by atoms with Gasteiger partial charge < -0.3 is 5.11 Å². The smallest absolute Gasteiger partial charge is 0.388 e. The van der Waals surface area contributed by atoms with Crippen LogP contribution in [0, 0.1) is 6.92 Å². The van der Waals surface area contributed by atoms with Gasteiger partial charge >= 0.3 is 6.18 Å². The molecular formula is C18H19F3O. The summed E-state index contributed by atoms with van der Waals surface area (Å²) in [6, 6.07) is 10.7. The van der Waals surface area contributed by atoms with Crippen LogP contribution in [-0.2, 0) is 6.18 Å². The van der Waals surface area contributed by atoms with Crippen LogP contribution in [0.5, 0.6) is 0 Å². The number of aliphatic hydroxyl groups is 1. The Bertz CT molecular complexity index is 630. The van der Waals surface area contributed by atoms with E-state index in [9.17, 15) is 18.3 Å². The van der Waals surface area contributed by atoms with Gasteiger partial charge in [-0.2, -0.15) is 13.2 Å². The number of rotatable bonds is 4. The van der Waals surface area contributed by atoms with Gasteiger partial charge in [0.2, 0.25) is 0 Å². The molecule has 1 N–H and O–H groups in total. The predicted molar refractivity (Wildman–Crippen MR) is 81.5 cm³/mol.